The molecule has 2 aromatic heterocycles. The van der Waals surface area contributed by atoms with E-state index in [9.17, 15) is 28.1 Å². The van der Waals surface area contributed by atoms with Crippen molar-refractivity contribution in [1.82, 2.24) is 9.97 Å². The van der Waals surface area contributed by atoms with Gasteiger partial charge in [-0.1, -0.05) is 12.1 Å². The molecule has 1 aromatic carbocycles. The van der Waals surface area contributed by atoms with Gasteiger partial charge in [0.05, 0.1) is 10.6 Å². The van der Waals surface area contributed by atoms with Gasteiger partial charge in [0, 0.05) is 29.3 Å². The average molecular weight is 424 g/mol. The Bertz CT molecular complexity index is 1050. The van der Waals surface area contributed by atoms with Crippen LogP contribution in [-0.4, -0.2) is 33.6 Å². The van der Waals surface area contributed by atoms with Crippen LogP contribution in [0.5, 0.6) is 5.88 Å². The number of nitro groups is 1. The number of carbonyl (C=O) groups excluding carboxylic acids is 1. The Balaban J connectivity index is 1.76. The molecule has 0 saturated heterocycles. The van der Waals surface area contributed by atoms with Gasteiger partial charge in [-0.05, 0) is 12.1 Å². The van der Waals surface area contributed by atoms with E-state index in [0.29, 0.717) is 11.3 Å². The molecule has 0 unspecified atom stereocenters. The Morgan fingerprint density at radius 2 is 2.07 bits per heavy atom. The summed E-state index contributed by atoms with van der Waals surface area (Å²) in [4.78, 5) is 30.6. The molecule has 3 rings (SSSR count). The molecular formula is C17H11F3N4O4S. The third-order valence-corrected chi connectivity index (χ3v) is 4.22. The summed E-state index contributed by atoms with van der Waals surface area (Å²) < 4.78 is 41.7. The van der Waals surface area contributed by atoms with Gasteiger partial charge in [-0.3, -0.25) is 20.2 Å². The van der Waals surface area contributed by atoms with Crippen molar-refractivity contribution in [3.05, 3.63) is 63.7 Å². The van der Waals surface area contributed by atoms with E-state index in [-0.39, 0.29) is 16.4 Å². The summed E-state index contributed by atoms with van der Waals surface area (Å²) in [6.07, 6.45) is -3.37. The molecule has 0 atom stereocenters. The smallest absolute Gasteiger partial charge is 0.422 e. The summed E-state index contributed by atoms with van der Waals surface area (Å²) in [6.45, 7) is -1.58. The van der Waals surface area contributed by atoms with Crippen LogP contribution in [0.4, 0.5) is 24.0 Å². The van der Waals surface area contributed by atoms with Gasteiger partial charge in [-0.15, -0.1) is 11.3 Å². The number of nitro benzene ring substituents is 1. The quantitative estimate of drug-likeness (QED) is 0.467. The van der Waals surface area contributed by atoms with Crippen molar-refractivity contribution in [3.63, 3.8) is 0 Å². The maximum Gasteiger partial charge on any atom is 0.422 e. The van der Waals surface area contributed by atoms with E-state index >= 15 is 0 Å². The lowest BCUT2D eigenvalue weighted by molar-refractivity contribution is -0.384. The van der Waals surface area contributed by atoms with Crippen LogP contribution in [0.25, 0.3) is 11.3 Å². The molecule has 0 spiro atoms. The predicted octanol–water partition coefficient (Wildman–Crippen LogP) is 4.31. The van der Waals surface area contributed by atoms with Crippen molar-refractivity contribution < 1.29 is 27.6 Å². The van der Waals surface area contributed by atoms with E-state index in [0.717, 1.165) is 11.3 Å². The maximum atomic E-state index is 12.4. The first kappa shape index (κ1) is 20.2. The van der Waals surface area contributed by atoms with Crippen molar-refractivity contribution in [2.75, 3.05) is 11.9 Å². The van der Waals surface area contributed by atoms with Gasteiger partial charge >= 0.3 is 6.18 Å². The van der Waals surface area contributed by atoms with Crippen LogP contribution in [-0.2, 0) is 0 Å². The minimum atomic E-state index is -4.58. The summed E-state index contributed by atoms with van der Waals surface area (Å²) in [7, 11) is 0. The van der Waals surface area contributed by atoms with Crippen molar-refractivity contribution in [3.8, 4) is 17.1 Å². The van der Waals surface area contributed by atoms with E-state index < -0.39 is 29.5 Å². The predicted molar refractivity (Wildman–Crippen MR) is 97.9 cm³/mol. The van der Waals surface area contributed by atoms with Crippen LogP contribution >= 0.6 is 11.3 Å². The van der Waals surface area contributed by atoms with Gasteiger partial charge in [0.15, 0.2) is 11.7 Å². The average Bonchev–Trinajstić information content (AvgIpc) is 3.14. The fraction of sp³-hybridized carbons (Fsp3) is 0.118. The number of amides is 1. The first-order valence-corrected chi connectivity index (χ1v) is 8.77. The van der Waals surface area contributed by atoms with Gasteiger partial charge in [0.25, 0.3) is 11.6 Å². The molecule has 1 amide bonds. The number of pyridine rings is 1. The Morgan fingerprint density at radius 3 is 2.79 bits per heavy atom. The number of alkyl halides is 3. The summed E-state index contributed by atoms with van der Waals surface area (Å²) in [6, 6.07) is 8.45. The van der Waals surface area contributed by atoms with Crippen LogP contribution in [0, 0.1) is 10.1 Å². The van der Waals surface area contributed by atoms with Crippen LogP contribution < -0.4 is 10.1 Å². The highest BCUT2D eigenvalue weighted by atomic mass is 32.1. The number of carbonyl (C=O) groups is 1. The molecule has 1 N–H and O–H groups in total. The number of nitrogens with one attached hydrogen (secondary N) is 1. The van der Waals surface area contributed by atoms with E-state index in [1.807, 2.05) is 0 Å². The van der Waals surface area contributed by atoms with Gasteiger partial charge in [-0.25, -0.2) is 9.97 Å². The molecule has 3 aromatic rings. The van der Waals surface area contributed by atoms with E-state index in [1.165, 1.54) is 36.5 Å². The van der Waals surface area contributed by atoms with Gasteiger partial charge in [0.1, 0.15) is 5.56 Å². The molecule has 0 radical (unpaired) electrons. The van der Waals surface area contributed by atoms with Crippen LogP contribution in [0.3, 0.4) is 0 Å². The standard InChI is InChI=1S/C17H11F3N4O4S/c18-17(19,20)9-28-15-12(5-2-6-21-15)14(25)23-16-22-13(8-29-16)10-3-1-4-11(7-10)24(26)27/h1-8H,9H2,(H,22,23,25). The monoisotopic (exact) mass is 424 g/mol. The van der Waals surface area contributed by atoms with Crippen molar-refractivity contribution in [2.24, 2.45) is 0 Å². The lowest BCUT2D eigenvalue weighted by Crippen LogP contribution is -2.21. The van der Waals surface area contributed by atoms with E-state index in [2.05, 4.69) is 20.0 Å². The second-order valence-corrected chi connectivity index (χ2v) is 6.42. The van der Waals surface area contributed by atoms with Crippen LogP contribution in [0.2, 0.25) is 0 Å². The number of nitrogens with zero attached hydrogens (tertiary/aromatic N) is 3. The molecule has 0 saturated carbocycles. The number of hydrogen-bond acceptors (Lipinski definition) is 7. The molecule has 12 heteroatoms. The molecule has 8 nitrogen and oxygen atoms in total. The molecule has 2 heterocycles. The second-order valence-electron chi connectivity index (χ2n) is 5.56. The molecule has 29 heavy (non-hydrogen) atoms. The Kier molecular flexibility index (Phi) is 5.73. The number of aromatic nitrogens is 2. The number of benzene rings is 1. The molecule has 0 aliphatic rings. The van der Waals surface area contributed by atoms with E-state index in [1.54, 1.807) is 11.4 Å². The highest BCUT2D eigenvalue weighted by Crippen LogP contribution is 2.28. The number of non-ortho nitro benzene ring substituents is 1. The normalized spacial score (nSPS) is 11.1. The van der Waals surface area contributed by atoms with Crippen LogP contribution in [0.15, 0.2) is 48.0 Å². The summed E-state index contributed by atoms with van der Waals surface area (Å²) >= 11 is 1.05. The van der Waals surface area contributed by atoms with E-state index in [4.69, 9.17) is 0 Å². The Morgan fingerprint density at radius 1 is 1.28 bits per heavy atom. The number of halogens is 3. The van der Waals surface area contributed by atoms with Gasteiger partial charge in [0.2, 0.25) is 5.88 Å². The maximum absolute atomic E-state index is 12.4. The lowest BCUT2D eigenvalue weighted by Gasteiger charge is -2.11. The summed E-state index contributed by atoms with van der Waals surface area (Å²) in [5.41, 5.74) is 0.576. The first-order valence-electron chi connectivity index (χ1n) is 7.89. The minimum absolute atomic E-state index is 0.108. The number of thiazole rings is 1. The zero-order chi connectivity index (χ0) is 21.0. The topological polar surface area (TPSA) is 107 Å². The largest absolute Gasteiger partial charge is 0.467 e. The SMILES string of the molecule is O=C(Nc1nc(-c2cccc([N+](=O)[O-])c2)cs1)c1cccnc1OCC(F)(F)F. The molecular weight excluding hydrogens is 413 g/mol. The Hall–Kier alpha value is -3.54. The minimum Gasteiger partial charge on any atom is -0.467 e. The fourth-order valence-corrected chi connectivity index (χ4v) is 2.95. The highest BCUT2D eigenvalue weighted by molar-refractivity contribution is 7.14. The molecule has 0 aliphatic heterocycles. The summed E-state index contributed by atoms with van der Waals surface area (Å²) in [5, 5.41) is 15.1. The fourth-order valence-electron chi connectivity index (χ4n) is 2.24. The lowest BCUT2D eigenvalue weighted by atomic mass is 10.1. The second kappa shape index (κ2) is 8.22. The Labute approximate surface area is 165 Å². The molecule has 0 fully saturated rings. The van der Waals surface area contributed by atoms with Gasteiger partial charge in [-0.2, -0.15) is 13.2 Å². The zero-order valence-corrected chi connectivity index (χ0v) is 15.2. The van der Waals surface area contributed by atoms with Crippen molar-refractivity contribution in [1.29, 1.82) is 0 Å². The number of ether oxygens (including phenoxy) is 1. The number of rotatable bonds is 6. The molecule has 0 bridgehead atoms. The van der Waals surface area contributed by atoms with Crippen molar-refractivity contribution >= 4 is 28.1 Å². The van der Waals surface area contributed by atoms with Crippen molar-refractivity contribution in [2.45, 2.75) is 6.18 Å². The zero-order valence-electron chi connectivity index (χ0n) is 14.3. The first-order chi connectivity index (χ1) is 13.7. The number of anilines is 1. The summed E-state index contributed by atoms with van der Waals surface area (Å²) in [5.74, 6) is -1.21. The highest BCUT2D eigenvalue weighted by Gasteiger charge is 2.29. The van der Waals surface area contributed by atoms with Gasteiger partial charge < -0.3 is 4.74 Å². The third kappa shape index (κ3) is 5.25. The molecule has 150 valence electrons. The number of hydrogen-bond donors (Lipinski definition) is 1. The third-order valence-electron chi connectivity index (χ3n) is 3.47. The van der Waals surface area contributed by atoms with Crippen LogP contribution in [0.1, 0.15) is 10.4 Å². The molecule has 0 aliphatic carbocycles.